The molecular weight excluding hydrogens is 184 g/mol. The lowest BCUT2D eigenvalue weighted by molar-refractivity contribution is 0.635. The SMILES string of the molecule is CC1(C)c2ccccc2-c2cncnc21. The van der Waals surface area contributed by atoms with Crippen molar-refractivity contribution in [1.82, 2.24) is 9.97 Å². The van der Waals surface area contributed by atoms with Crippen molar-refractivity contribution in [3.05, 3.63) is 48.0 Å². The minimum absolute atomic E-state index is 0.00880. The smallest absolute Gasteiger partial charge is 0.115 e. The molecule has 0 atom stereocenters. The van der Waals surface area contributed by atoms with Crippen molar-refractivity contribution < 1.29 is 0 Å². The van der Waals surface area contributed by atoms with Gasteiger partial charge in [-0.2, -0.15) is 0 Å². The van der Waals surface area contributed by atoms with E-state index in [1.165, 1.54) is 16.7 Å². The van der Waals surface area contributed by atoms with E-state index in [-0.39, 0.29) is 5.41 Å². The molecule has 0 unspecified atom stereocenters. The molecule has 0 amide bonds. The van der Waals surface area contributed by atoms with Crippen molar-refractivity contribution in [2.24, 2.45) is 0 Å². The van der Waals surface area contributed by atoms with Crippen molar-refractivity contribution in [3.63, 3.8) is 0 Å². The molecule has 2 nitrogen and oxygen atoms in total. The van der Waals surface area contributed by atoms with Gasteiger partial charge >= 0.3 is 0 Å². The van der Waals surface area contributed by atoms with Gasteiger partial charge in [-0.05, 0) is 11.1 Å². The van der Waals surface area contributed by atoms with Gasteiger partial charge in [0.1, 0.15) is 6.33 Å². The number of aromatic nitrogens is 2. The molecule has 0 N–H and O–H groups in total. The highest BCUT2D eigenvalue weighted by Crippen LogP contribution is 2.46. The van der Waals surface area contributed by atoms with Crippen molar-refractivity contribution >= 4 is 0 Å². The minimum atomic E-state index is 0.00880. The van der Waals surface area contributed by atoms with Crippen LogP contribution in [0.25, 0.3) is 11.1 Å². The highest BCUT2D eigenvalue weighted by atomic mass is 14.8. The van der Waals surface area contributed by atoms with Gasteiger partial charge < -0.3 is 0 Å². The molecule has 1 heterocycles. The van der Waals surface area contributed by atoms with Gasteiger partial charge in [-0.25, -0.2) is 9.97 Å². The summed E-state index contributed by atoms with van der Waals surface area (Å²) in [6.07, 6.45) is 3.54. The van der Waals surface area contributed by atoms with E-state index in [9.17, 15) is 0 Å². The van der Waals surface area contributed by atoms with E-state index in [4.69, 9.17) is 0 Å². The molecule has 0 radical (unpaired) electrons. The van der Waals surface area contributed by atoms with Gasteiger partial charge in [0.15, 0.2) is 0 Å². The van der Waals surface area contributed by atoms with Gasteiger partial charge in [-0.3, -0.25) is 0 Å². The Kier molecular flexibility index (Phi) is 1.52. The Morgan fingerprint density at radius 2 is 1.87 bits per heavy atom. The van der Waals surface area contributed by atoms with Crippen LogP contribution in [-0.4, -0.2) is 9.97 Å². The number of hydrogen-bond acceptors (Lipinski definition) is 2. The third kappa shape index (κ3) is 0.990. The molecule has 15 heavy (non-hydrogen) atoms. The van der Waals surface area contributed by atoms with Crippen LogP contribution in [0.1, 0.15) is 25.1 Å². The van der Waals surface area contributed by atoms with Crippen LogP contribution in [0.5, 0.6) is 0 Å². The molecule has 1 aliphatic rings. The maximum atomic E-state index is 4.42. The lowest BCUT2D eigenvalue weighted by atomic mass is 9.85. The van der Waals surface area contributed by atoms with Crippen LogP contribution in [0.15, 0.2) is 36.8 Å². The summed E-state index contributed by atoms with van der Waals surface area (Å²) >= 11 is 0. The Morgan fingerprint density at radius 1 is 1.07 bits per heavy atom. The van der Waals surface area contributed by atoms with E-state index in [1.807, 2.05) is 6.20 Å². The molecule has 0 saturated carbocycles. The summed E-state index contributed by atoms with van der Waals surface area (Å²) in [6.45, 7) is 4.43. The standard InChI is InChI=1S/C13H12N2/c1-13(2)11-6-4-3-5-9(11)10-7-14-8-15-12(10)13/h3-8H,1-2H3. The second-order valence-electron chi connectivity index (χ2n) is 4.46. The van der Waals surface area contributed by atoms with Crippen LogP contribution in [0.2, 0.25) is 0 Å². The number of fused-ring (bicyclic) bond motifs is 3. The molecule has 3 rings (SSSR count). The molecule has 1 aromatic carbocycles. The lowest BCUT2D eigenvalue weighted by Crippen LogP contribution is -2.16. The molecule has 1 aromatic heterocycles. The molecule has 2 aromatic rings. The van der Waals surface area contributed by atoms with Crippen LogP contribution in [0.4, 0.5) is 0 Å². The van der Waals surface area contributed by atoms with Gasteiger partial charge in [0, 0.05) is 17.2 Å². The van der Waals surface area contributed by atoms with E-state index < -0.39 is 0 Å². The van der Waals surface area contributed by atoms with E-state index in [0.29, 0.717) is 0 Å². The second-order valence-corrected chi connectivity index (χ2v) is 4.46. The van der Waals surface area contributed by atoms with E-state index >= 15 is 0 Å². The third-order valence-electron chi connectivity index (χ3n) is 3.19. The molecule has 2 heteroatoms. The fourth-order valence-electron chi connectivity index (χ4n) is 2.42. The van der Waals surface area contributed by atoms with Crippen LogP contribution in [-0.2, 0) is 5.41 Å². The number of benzene rings is 1. The normalized spacial score (nSPS) is 15.9. The Labute approximate surface area is 89.0 Å². The zero-order chi connectivity index (χ0) is 10.5. The minimum Gasteiger partial charge on any atom is -0.244 e. The zero-order valence-electron chi connectivity index (χ0n) is 8.86. The first-order valence-corrected chi connectivity index (χ1v) is 5.11. The Balaban J connectivity index is 2.42. The van der Waals surface area contributed by atoms with Crippen LogP contribution in [0.3, 0.4) is 0 Å². The molecule has 1 aliphatic carbocycles. The highest BCUT2D eigenvalue weighted by molar-refractivity contribution is 5.78. The molecule has 74 valence electrons. The van der Waals surface area contributed by atoms with Gasteiger partial charge in [-0.1, -0.05) is 38.1 Å². The molecule has 0 aliphatic heterocycles. The maximum Gasteiger partial charge on any atom is 0.115 e. The predicted molar refractivity (Wildman–Crippen MR) is 59.6 cm³/mol. The first kappa shape index (κ1) is 8.60. The van der Waals surface area contributed by atoms with Gasteiger partial charge in [0.2, 0.25) is 0 Å². The lowest BCUT2D eigenvalue weighted by Gasteiger charge is -2.19. The zero-order valence-corrected chi connectivity index (χ0v) is 8.86. The Bertz CT molecular complexity index is 482. The maximum absolute atomic E-state index is 4.42. The summed E-state index contributed by atoms with van der Waals surface area (Å²) in [7, 11) is 0. The fraction of sp³-hybridized carbons (Fsp3) is 0.231. The van der Waals surface area contributed by atoms with Crippen LogP contribution in [0, 0.1) is 0 Å². The summed E-state index contributed by atoms with van der Waals surface area (Å²) < 4.78 is 0. The van der Waals surface area contributed by atoms with Crippen molar-refractivity contribution in [2.45, 2.75) is 19.3 Å². The van der Waals surface area contributed by atoms with Crippen LogP contribution < -0.4 is 0 Å². The van der Waals surface area contributed by atoms with Crippen molar-refractivity contribution in [2.75, 3.05) is 0 Å². The predicted octanol–water partition coefficient (Wildman–Crippen LogP) is 2.78. The topological polar surface area (TPSA) is 25.8 Å². The first-order valence-electron chi connectivity index (χ1n) is 5.11. The van der Waals surface area contributed by atoms with Gasteiger partial charge in [0.05, 0.1) is 5.69 Å². The highest BCUT2D eigenvalue weighted by Gasteiger charge is 2.36. The average molecular weight is 196 g/mol. The quantitative estimate of drug-likeness (QED) is 0.647. The summed E-state index contributed by atoms with van der Waals surface area (Å²) in [5.41, 5.74) is 4.95. The molecule has 0 fully saturated rings. The number of hydrogen-bond donors (Lipinski definition) is 0. The summed E-state index contributed by atoms with van der Waals surface area (Å²) in [5.74, 6) is 0. The van der Waals surface area contributed by atoms with Gasteiger partial charge in [-0.15, -0.1) is 0 Å². The van der Waals surface area contributed by atoms with Crippen molar-refractivity contribution in [1.29, 1.82) is 0 Å². The van der Waals surface area contributed by atoms with E-state index in [2.05, 4.69) is 48.1 Å². The molecule has 0 saturated heterocycles. The molecule has 0 spiro atoms. The Morgan fingerprint density at radius 3 is 2.73 bits per heavy atom. The Hall–Kier alpha value is -1.70. The second kappa shape index (κ2) is 2.66. The number of nitrogens with zero attached hydrogens (tertiary/aromatic N) is 2. The number of rotatable bonds is 0. The first-order chi connectivity index (χ1) is 7.21. The molecular formula is C13H12N2. The summed E-state index contributed by atoms with van der Waals surface area (Å²) in [6, 6.07) is 8.47. The van der Waals surface area contributed by atoms with E-state index in [0.717, 1.165) is 5.69 Å². The fourth-order valence-corrected chi connectivity index (χ4v) is 2.42. The largest absolute Gasteiger partial charge is 0.244 e. The van der Waals surface area contributed by atoms with Crippen molar-refractivity contribution in [3.8, 4) is 11.1 Å². The monoisotopic (exact) mass is 196 g/mol. The van der Waals surface area contributed by atoms with Crippen LogP contribution >= 0.6 is 0 Å². The molecule has 0 bridgehead atoms. The average Bonchev–Trinajstić information content (AvgIpc) is 2.51. The summed E-state index contributed by atoms with van der Waals surface area (Å²) in [5, 5.41) is 0. The third-order valence-corrected chi connectivity index (χ3v) is 3.19. The van der Waals surface area contributed by atoms with Gasteiger partial charge in [0.25, 0.3) is 0 Å². The van der Waals surface area contributed by atoms with E-state index in [1.54, 1.807) is 6.33 Å². The summed E-state index contributed by atoms with van der Waals surface area (Å²) in [4.78, 5) is 8.53.